The molecule has 1 amide bonds. The van der Waals surface area contributed by atoms with E-state index in [9.17, 15) is 13.2 Å². The van der Waals surface area contributed by atoms with E-state index in [1.807, 2.05) is 24.3 Å². The van der Waals surface area contributed by atoms with Crippen LogP contribution >= 0.6 is 0 Å². The topological polar surface area (TPSA) is 84.5 Å². The third-order valence-corrected chi connectivity index (χ3v) is 6.28. The Morgan fingerprint density at radius 2 is 1.68 bits per heavy atom. The van der Waals surface area contributed by atoms with Crippen molar-refractivity contribution in [3.63, 3.8) is 0 Å². The van der Waals surface area contributed by atoms with E-state index in [1.54, 1.807) is 49.4 Å². The number of carbonyl (C=O) groups excluding carboxylic acids is 1. The molecule has 0 bridgehead atoms. The van der Waals surface area contributed by atoms with E-state index in [1.165, 1.54) is 11.6 Å². The highest BCUT2D eigenvalue weighted by atomic mass is 32.2. The molecular weight excluding hydrogens is 412 g/mol. The number of hydrogen-bond donors (Lipinski definition) is 2. The highest BCUT2D eigenvalue weighted by molar-refractivity contribution is 7.92. The normalized spacial score (nSPS) is 11.0. The lowest BCUT2D eigenvalue weighted by Crippen LogP contribution is -2.28. The molecule has 3 aromatic rings. The van der Waals surface area contributed by atoms with Crippen molar-refractivity contribution >= 4 is 21.6 Å². The zero-order chi connectivity index (χ0) is 22.3. The molecule has 0 aromatic heterocycles. The van der Waals surface area contributed by atoms with Gasteiger partial charge in [-0.15, -0.1) is 0 Å². The Morgan fingerprint density at radius 1 is 0.968 bits per heavy atom. The molecule has 3 rings (SSSR count). The lowest BCUT2D eigenvalue weighted by Gasteiger charge is -2.12. The van der Waals surface area contributed by atoms with Crippen molar-refractivity contribution < 1.29 is 17.9 Å². The minimum absolute atomic E-state index is 0.0660. The maximum Gasteiger partial charge on any atom is 0.262 e. The molecule has 2 N–H and O–H groups in total. The third kappa shape index (κ3) is 6.08. The summed E-state index contributed by atoms with van der Waals surface area (Å²) in [6, 6.07) is 21.1. The van der Waals surface area contributed by atoms with Crippen molar-refractivity contribution in [3.05, 3.63) is 89.5 Å². The predicted octanol–water partition coefficient (Wildman–Crippen LogP) is 4.17. The van der Waals surface area contributed by atoms with E-state index in [2.05, 4.69) is 17.0 Å². The van der Waals surface area contributed by atoms with Gasteiger partial charge in [0.25, 0.3) is 15.9 Å². The van der Waals surface area contributed by atoms with Crippen LogP contribution in [0.5, 0.6) is 5.75 Å². The summed E-state index contributed by atoms with van der Waals surface area (Å²) in [5.74, 6) is 0.378. The minimum atomic E-state index is -3.82. The maximum atomic E-state index is 12.8. The second-order valence-corrected chi connectivity index (χ2v) is 8.70. The number of nitrogens with one attached hydrogen (secondary N) is 2. The first-order valence-corrected chi connectivity index (χ1v) is 11.6. The second-order valence-electron chi connectivity index (χ2n) is 7.05. The number of ether oxygens (including phenoxy) is 1. The molecule has 31 heavy (non-hydrogen) atoms. The molecule has 3 aromatic carbocycles. The van der Waals surface area contributed by atoms with Crippen molar-refractivity contribution in [3.8, 4) is 5.75 Å². The first kappa shape index (κ1) is 22.4. The van der Waals surface area contributed by atoms with Crippen LogP contribution in [0.3, 0.4) is 0 Å². The zero-order valence-corrected chi connectivity index (χ0v) is 18.4. The molecule has 0 atom stereocenters. The molecule has 0 saturated heterocycles. The minimum Gasteiger partial charge on any atom is -0.492 e. The van der Waals surface area contributed by atoms with Crippen LogP contribution in [0.1, 0.15) is 28.4 Å². The average Bonchev–Trinajstić information content (AvgIpc) is 2.77. The molecule has 0 spiro atoms. The number of para-hydroxylation sites is 1. The van der Waals surface area contributed by atoms with Gasteiger partial charge in [-0.25, -0.2) is 8.42 Å². The van der Waals surface area contributed by atoms with Gasteiger partial charge in [0.2, 0.25) is 0 Å². The van der Waals surface area contributed by atoms with Crippen molar-refractivity contribution in [2.24, 2.45) is 0 Å². The van der Waals surface area contributed by atoms with Crippen molar-refractivity contribution in [2.75, 3.05) is 17.9 Å². The Hall–Kier alpha value is -3.32. The van der Waals surface area contributed by atoms with Crippen LogP contribution in [0.4, 0.5) is 5.69 Å². The fourth-order valence-electron chi connectivity index (χ4n) is 3.00. The van der Waals surface area contributed by atoms with Gasteiger partial charge >= 0.3 is 0 Å². The number of benzene rings is 3. The summed E-state index contributed by atoms with van der Waals surface area (Å²) in [4.78, 5) is 12.6. The summed E-state index contributed by atoms with van der Waals surface area (Å²) in [6.07, 6.45) is 0.964. The van der Waals surface area contributed by atoms with Crippen molar-refractivity contribution in [2.45, 2.75) is 25.2 Å². The van der Waals surface area contributed by atoms with E-state index < -0.39 is 10.0 Å². The number of sulfonamides is 1. The lowest BCUT2D eigenvalue weighted by atomic mass is 10.1. The third-order valence-electron chi connectivity index (χ3n) is 4.75. The largest absolute Gasteiger partial charge is 0.492 e. The Labute approximate surface area is 183 Å². The summed E-state index contributed by atoms with van der Waals surface area (Å²) >= 11 is 0. The second kappa shape index (κ2) is 10.1. The molecule has 162 valence electrons. The fraction of sp³-hybridized carbons (Fsp3) is 0.208. The number of aryl methyl sites for hydroxylation is 2. The molecule has 0 unspecified atom stereocenters. The summed E-state index contributed by atoms with van der Waals surface area (Å²) in [7, 11) is -3.82. The SMILES string of the molecule is CCc1ccc(OCCNC(=O)c2ccc(C)c(S(=O)(=O)Nc3ccccc3)c2)cc1. The highest BCUT2D eigenvalue weighted by Crippen LogP contribution is 2.21. The molecule has 7 heteroatoms. The first-order chi connectivity index (χ1) is 14.9. The van der Waals surface area contributed by atoms with E-state index >= 15 is 0 Å². The Kier molecular flexibility index (Phi) is 7.31. The van der Waals surface area contributed by atoms with Crippen LogP contribution in [0.25, 0.3) is 0 Å². The summed E-state index contributed by atoms with van der Waals surface area (Å²) < 4.78 is 33.8. The summed E-state index contributed by atoms with van der Waals surface area (Å²) in [6.45, 7) is 4.39. The number of anilines is 1. The number of rotatable bonds is 9. The maximum absolute atomic E-state index is 12.8. The predicted molar refractivity (Wildman–Crippen MR) is 122 cm³/mol. The van der Waals surface area contributed by atoms with Gasteiger partial charge in [0.05, 0.1) is 11.4 Å². The fourth-order valence-corrected chi connectivity index (χ4v) is 4.33. The number of amides is 1. The van der Waals surface area contributed by atoms with Gasteiger partial charge in [-0.1, -0.05) is 43.3 Å². The number of hydrogen-bond acceptors (Lipinski definition) is 4. The number of carbonyl (C=O) groups is 1. The Bertz CT molecular complexity index is 1130. The molecule has 0 saturated carbocycles. The molecule has 0 radical (unpaired) electrons. The van der Waals surface area contributed by atoms with Gasteiger partial charge in [-0.2, -0.15) is 0 Å². The van der Waals surface area contributed by atoms with Gasteiger partial charge in [0.15, 0.2) is 0 Å². The molecule has 0 fully saturated rings. The summed E-state index contributed by atoms with van der Waals surface area (Å²) in [5.41, 5.74) is 2.51. The van der Waals surface area contributed by atoms with Crippen LogP contribution in [0, 0.1) is 6.92 Å². The van der Waals surface area contributed by atoms with Crippen LogP contribution in [0.2, 0.25) is 0 Å². The lowest BCUT2D eigenvalue weighted by molar-refractivity contribution is 0.0947. The highest BCUT2D eigenvalue weighted by Gasteiger charge is 2.19. The molecular formula is C24H26N2O4S. The molecule has 0 heterocycles. The van der Waals surface area contributed by atoms with Crippen LogP contribution in [-0.2, 0) is 16.4 Å². The van der Waals surface area contributed by atoms with Gasteiger partial charge in [-0.3, -0.25) is 9.52 Å². The van der Waals surface area contributed by atoms with E-state index in [0.29, 0.717) is 24.4 Å². The van der Waals surface area contributed by atoms with Crippen molar-refractivity contribution in [1.82, 2.24) is 5.32 Å². The van der Waals surface area contributed by atoms with E-state index in [-0.39, 0.29) is 16.4 Å². The van der Waals surface area contributed by atoms with E-state index in [0.717, 1.165) is 12.2 Å². The van der Waals surface area contributed by atoms with Gasteiger partial charge < -0.3 is 10.1 Å². The van der Waals surface area contributed by atoms with Crippen LogP contribution in [0.15, 0.2) is 77.7 Å². The standard InChI is InChI=1S/C24H26N2O4S/c1-3-19-10-13-22(14-11-19)30-16-15-25-24(27)20-12-9-18(2)23(17-20)31(28,29)26-21-7-5-4-6-8-21/h4-14,17,26H,3,15-16H2,1-2H3,(H,25,27). The monoisotopic (exact) mass is 438 g/mol. The van der Waals surface area contributed by atoms with Crippen LogP contribution < -0.4 is 14.8 Å². The molecule has 6 nitrogen and oxygen atoms in total. The van der Waals surface area contributed by atoms with Gasteiger partial charge in [0, 0.05) is 11.3 Å². The molecule has 0 aliphatic carbocycles. The van der Waals surface area contributed by atoms with E-state index in [4.69, 9.17) is 4.74 Å². The smallest absolute Gasteiger partial charge is 0.262 e. The van der Waals surface area contributed by atoms with Crippen molar-refractivity contribution in [1.29, 1.82) is 0 Å². The Balaban J connectivity index is 1.61. The Morgan fingerprint density at radius 3 is 2.35 bits per heavy atom. The van der Waals surface area contributed by atoms with Gasteiger partial charge in [0.1, 0.15) is 12.4 Å². The molecule has 0 aliphatic heterocycles. The zero-order valence-electron chi connectivity index (χ0n) is 17.6. The first-order valence-electron chi connectivity index (χ1n) is 10.1. The summed E-state index contributed by atoms with van der Waals surface area (Å²) in [5, 5.41) is 2.76. The molecule has 0 aliphatic rings. The average molecular weight is 439 g/mol. The van der Waals surface area contributed by atoms with Gasteiger partial charge in [-0.05, 0) is 60.9 Å². The quantitative estimate of drug-likeness (QED) is 0.491. The van der Waals surface area contributed by atoms with Crippen LogP contribution in [-0.4, -0.2) is 27.5 Å².